The normalized spacial score (nSPS) is 11.3. The topological polar surface area (TPSA) is 62.5 Å². The second kappa shape index (κ2) is 3.80. The van der Waals surface area contributed by atoms with Crippen LogP contribution in [0.25, 0.3) is 10.9 Å². The predicted octanol–water partition coefficient (Wildman–Crippen LogP) is 2.93. The number of hydrogen-bond donors (Lipinski definition) is 2. The van der Waals surface area contributed by atoms with E-state index >= 15 is 0 Å². The molecule has 0 radical (unpaired) electrons. The molecule has 0 unspecified atom stereocenters. The van der Waals surface area contributed by atoms with Crippen LogP contribution < -0.4 is 0 Å². The molecule has 1 aromatic carbocycles. The third-order valence-electron chi connectivity index (χ3n) is 2.79. The van der Waals surface area contributed by atoms with Crippen LogP contribution in [0.5, 0.6) is 5.75 Å². The number of aryl methyl sites for hydroxylation is 1. The van der Waals surface area contributed by atoms with Gasteiger partial charge in [-0.05, 0) is 44.5 Å². The molecule has 0 atom stereocenters. The fourth-order valence-electron chi connectivity index (χ4n) is 2.20. The summed E-state index contributed by atoms with van der Waals surface area (Å²) < 4.78 is 1.65. The number of carboxylic acids is 1. The van der Waals surface area contributed by atoms with Crippen molar-refractivity contribution in [3.8, 4) is 5.75 Å². The molecule has 90 valence electrons. The van der Waals surface area contributed by atoms with Crippen molar-refractivity contribution in [1.29, 1.82) is 0 Å². The highest BCUT2D eigenvalue weighted by molar-refractivity contribution is 5.97. The molecule has 2 N–H and O–H groups in total. The highest BCUT2D eigenvalue weighted by atomic mass is 16.4. The molecule has 0 spiro atoms. The molecule has 0 saturated carbocycles. The van der Waals surface area contributed by atoms with Crippen LogP contribution in [0.4, 0.5) is 0 Å². The van der Waals surface area contributed by atoms with E-state index in [2.05, 4.69) is 0 Å². The maximum Gasteiger partial charge on any atom is 0.352 e. The van der Waals surface area contributed by atoms with E-state index in [1.807, 2.05) is 26.8 Å². The van der Waals surface area contributed by atoms with Gasteiger partial charge in [-0.25, -0.2) is 4.79 Å². The standard InChI is InChI=1S/C13H15NO3/c1-7(2)14-10(13(16)17)6-9-4-8(3)5-11(15)12(9)14/h4-7,15H,1-3H3,(H,16,17). The van der Waals surface area contributed by atoms with Gasteiger partial charge in [-0.2, -0.15) is 0 Å². The molecule has 0 amide bonds. The predicted molar refractivity (Wildman–Crippen MR) is 65.7 cm³/mol. The van der Waals surface area contributed by atoms with Crippen LogP contribution in [-0.2, 0) is 0 Å². The molecule has 0 bridgehead atoms. The Morgan fingerprint density at radius 3 is 2.47 bits per heavy atom. The second-order valence-electron chi connectivity index (χ2n) is 4.52. The molecule has 4 nitrogen and oxygen atoms in total. The lowest BCUT2D eigenvalue weighted by molar-refractivity contribution is 0.0684. The lowest BCUT2D eigenvalue weighted by atomic mass is 10.1. The number of hydrogen-bond acceptors (Lipinski definition) is 2. The zero-order chi connectivity index (χ0) is 12.7. The third kappa shape index (κ3) is 1.75. The first kappa shape index (κ1) is 11.5. The summed E-state index contributed by atoms with van der Waals surface area (Å²) in [6.45, 7) is 5.66. The van der Waals surface area contributed by atoms with Gasteiger partial charge in [0.2, 0.25) is 0 Å². The molecule has 0 saturated heterocycles. The van der Waals surface area contributed by atoms with Gasteiger partial charge in [-0.15, -0.1) is 0 Å². The Kier molecular flexibility index (Phi) is 2.58. The van der Waals surface area contributed by atoms with Gasteiger partial charge in [0.05, 0.1) is 5.52 Å². The van der Waals surface area contributed by atoms with Crippen molar-refractivity contribution in [1.82, 2.24) is 4.57 Å². The van der Waals surface area contributed by atoms with E-state index in [1.54, 1.807) is 16.7 Å². The quantitative estimate of drug-likeness (QED) is 0.838. The number of aromatic hydroxyl groups is 1. The smallest absolute Gasteiger partial charge is 0.352 e. The molecular weight excluding hydrogens is 218 g/mol. The maximum absolute atomic E-state index is 11.2. The van der Waals surface area contributed by atoms with Crippen LogP contribution in [0.3, 0.4) is 0 Å². The lowest BCUT2D eigenvalue weighted by Crippen LogP contribution is -2.10. The van der Waals surface area contributed by atoms with Crippen LogP contribution in [0.15, 0.2) is 18.2 Å². The van der Waals surface area contributed by atoms with Gasteiger partial charge in [-0.1, -0.05) is 0 Å². The van der Waals surface area contributed by atoms with Crippen LogP contribution in [0.1, 0.15) is 35.9 Å². The molecular formula is C13H15NO3. The number of carboxylic acid groups (broad SMARTS) is 1. The molecule has 4 heteroatoms. The number of rotatable bonds is 2. The minimum Gasteiger partial charge on any atom is -0.506 e. The molecule has 1 aromatic heterocycles. The van der Waals surface area contributed by atoms with Crippen molar-refractivity contribution in [2.75, 3.05) is 0 Å². The number of aromatic carboxylic acids is 1. The zero-order valence-corrected chi connectivity index (χ0v) is 10.1. The average Bonchev–Trinajstić information content (AvgIpc) is 2.56. The van der Waals surface area contributed by atoms with E-state index in [0.717, 1.165) is 10.9 Å². The van der Waals surface area contributed by atoms with Crippen molar-refractivity contribution >= 4 is 16.9 Å². The molecule has 0 aliphatic heterocycles. The van der Waals surface area contributed by atoms with E-state index in [-0.39, 0.29) is 17.5 Å². The van der Waals surface area contributed by atoms with Crippen molar-refractivity contribution in [3.63, 3.8) is 0 Å². The van der Waals surface area contributed by atoms with E-state index < -0.39 is 5.97 Å². The zero-order valence-electron chi connectivity index (χ0n) is 10.1. The Hall–Kier alpha value is -1.97. The van der Waals surface area contributed by atoms with Crippen molar-refractivity contribution in [3.05, 3.63) is 29.5 Å². The summed E-state index contributed by atoms with van der Waals surface area (Å²) >= 11 is 0. The first-order valence-electron chi connectivity index (χ1n) is 5.49. The number of carbonyl (C=O) groups is 1. The Morgan fingerprint density at radius 1 is 1.29 bits per heavy atom. The summed E-state index contributed by atoms with van der Waals surface area (Å²) in [5, 5.41) is 19.9. The Balaban J connectivity index is 2.90. The molecule has 2 rings (SSSR count). The largest absolute Gasteiger partial charge is 0.506 e. The number of benzene rings is 1. The van der Waals surface area contributed by atoms with Gasteiger partial charge >= 0.3 is 5.97 Å². The van der Waals surface area contributed by atoms with Crippen LogP contribution in [0.2, 0.25) is 0 Å². The van der Waals surface area contributed by atoms with Crippen LogP contribution in [-0.4, -0.2) is 20.7 Å². The number of fused-ring (bicyclic) bond motifs is 1. The summed E-state index contributed by atoms with van der Waals surface area (Å²) in [4.78, 5) is 11.2. The molecule has 0 aliphatic carbocycles. The number of phenolic OH excluding ortho intramolecular Hbond substituents is 1. The van der Waals surface area contributed by atoms with Crippen LogP contribution in [0, 0.1) is 6.92 Å². The SMILES string of the molecule is Cc1cc(O)c2c(c1)cc(C(=O)O)n2C(C)C. The third-order valence-corrected chi connectivity index (χ3v) is 2.79. The van der Waals surface area contributed by atoms with Gasteiger partial charge in [0.1, 0.15) is 11.4 Å². The number of aromatic nitrogens is 1. The summed E-state index contributed by atoms with van der Waals surface area (Å²) in [5.41, 5.74) is 1.70. The van der Waals surface area contributed by atoms with Gasteiger partial charge in [0.15, 0.2) is 0 Å². The molecule has 17 heavy (non-hydrogen) atoms. The summed E-state index contributed by atoms with van der Waals surface area (Å²) in [6.07, 6.45) is 0. The average molecular weight is 233 g/mol. The Bertz CT molecular complexity index is 596. The van der Waals surface area contributed by atoms with Gasteiger partial charge in [-0.3, -0.25) is 0 Å². The second-order valence-corrected chi connectivity index (χ2v) is 4.52. The van der Waals surface area contributed by atoms with Crippen LogP contribution >= 0.6 is 0 Å². The van der Waals surface area contributed by atoms with Gasteiger partial charge in [0.25, 0.3) is 0 Å². The van der Waals surface area contributed by atoms with E-state index in [4.69, 9.17) is 0 Å². The van der Waals surface area contributed by atoms with Gasteiger partial charge < -0.3 is 14.8 Å². The van der Waals surface area contributed by atoms with Crippen molar-refractivity contribution in [2.45, 2.75) is 26.8 Å². The first-order chi connectivity index (χ1) is 7.91. The monoisotopic (exact) mass is 233 g/mol. The van der Waals surface area contributed by atoms with E-state index in [1.165, 1.54) is 0 Å². The fourth-order valence-corrected chi connectivity index (χ4v) is 2.20. The fraction of sp³-hybridized carbons (Fsp3) is 0.308. The van der Waals surface area contributed by atoms with Crippen molar-refractivity contribution in [2.24, 2.45) is 0 Å². The molecule has 0 aliphatic rings. The van der Waals surface area contributed by atoms with Gasteiger partial charge in [0, 0.05) is 11.4 Å². The summed E-state index contributed by atoms with van der Waals surface area (Å²) in [7, 11) is 0. The molecule has 0 fully saturated rings. The molecule has 1 heterocycles. The lowest BCUT2D eigenvalue weighted by Gasteiger charge is -2.13. The van der Waals surface area contributed by atoms with E-state index in [0.29, 0.717) is 5.52 Å². The Morgan fingerprint density at radius 2 is 1.94 bits per heavy atom. The minimum atomic E-state index is -0.980. The maximum atomic E-state index is 11.2. The highest BCUT2D eigenvalue weighted by Crippen LogP contribution is 2.32. The summed E-state index contributed by atoms with van der Waals surface area (Å²) in [6, 6.07) is 5.10. The van der Waals surface area contributed by atoms with Crippen molar-refractivity contribution < 1.29 is 15.0 Å². The summed E-state index contributed by atoms with van der Waals surface area (Å²) in [5.74, 6) is -0.854. The molecule has 2 aromatic rings. The minimum absolute atomic E-state index is 0.0211. The number of phenols is 1. The van der Waals surface area contributed by atoms with E-state index in [9.17, 15) is 15.0 Å². The highest BCUT2D eigenvalue weighted by Gasteiger charge is 2.19. The first-order valence-corrected chi connectivity index (χ1v) is 5.49. The Labute approximate surface area is 99.1 Å². The number of nitrogens with zero attached hydrogens (tertiary/aromatic N) is 1.